The highest BCUT2D eigenvalue weighted by Crippen LogP contribution is 2.35. The molecule has 3 N–H and O–H groups in total. The second-order valence-electron chi connectivity index (χ2n) is 5.90. The van der Waals surface area contributed by atoms with Crippen LogP contribution < -0.4 is 16.0 Å². The fourth-order valence-corrected chi connectivity index (χ4v) is 4.39. The molecule has 28 heavy (non-hydrogen) atoms. The van der Waals surface area contributed by atoms with Gasteiger partial charge in [-0.05, 0) is 26.8 Å². The maximum Gasteiger partial charge on any atom is 0.324 e. The summed E-state index contributed by atoms with van der Waals surface area (Å²) in [6.45, 7) is 6.96. The first-order valence-corrected chi connectivity index (χ1v) is 10.2. The predicted molar refractivity (Wildman–Crippen MR) is 114 cm³/mol. The molecule has 0 aromatic carbocycles. The maximum atomic E-state index is 12.3. The molecule has 8 nitrogen and oxygen atoms in total. The lowest BCUT2D eigenvalue weighted by Crippen LogP contribution is -2.19. The van der Waals surface area contributed by atoms with Gasteiger partial charge in [-0.2, -0.15) is 0 Å². The maximum absolute atomic E-state index is 12.3. The van der Waals surface area contributed by atoms with Crippen LogP contribution in [-0.4, -0.2) is 26.9 Å². The van der Waals surface area contributed by atoms with Gasteiger partial charge in [-0.15, -0.1) is 11.3 Å². The summed E-state index contributed by atoms with van der Waals surface area (Å²) in [4.78, 5) is 37.2. The second kappa shape index (κ2) is 8.21. The molecule has 0 saturated carbocycles. The van der Waals surface area contributed by atoms with Crippen molar-refractivity contribution in [2.75, 3.05) is 16.0 Å². The Bertz CT molecular complexity index is 1060. The van der Waals surface area contributed by atoms with E-state index in [0.29, 0.717) is 15.8 Å². The number of nitrogens with one attached hydrogen (secondary N) is 3. The number of aromatic nitrogens is 3. The van der Waals surface area contributed by atoms with Crippen molar-refractivity contribution >= 4 is 62.0 Å². The standard InChI is InChI=1S/C17H17ClN6O2S2/c1-7-13(28-17(21-7)22-9(3)25)11-5-12(14(18)19-6-11)23-16(26)24-15-8(2)20-10(4)27-15/h5-6H,1-4H3,(H,21,22,25)(H2,23,24,26). The van der Waals surface area contributed by atoms with E-state index in [1.165, 1.54) is 29.6 Å². The summed E-state index contributed by atoms with van der Waals surface area (Å²) in [5, 5.41) is 10.3. The summed E-state index contributed by atoms with van der Waals surface area (Å²) in [5.41, 5.74) is 2.59. The van der Waals surface area contributed by atoms with Gasteiger partial charge in [0.05, 0.1) is 27.0 Å². The van der Waals surface area contributed by atoms with Gasteiger partial charge in [0.25, 0.3) is 0 Å². The molecule has 3 amide bonds. The third kappa shape index (κ3) is 4.64. The van der Waals surface area contributed by atoms with Gasteiger partial charge >= 0.3 is 6.03 Å². The number of pyridine rings is 1. The number of rotatable bonds is 4. The van der Waals surface area contributed by atoms with E-state index in [2.05, 4.69) is 30.9 Å². The number of hydrogen-bond donors (Lipinski definition) is 3. The molecular weight excluding hydrogens is 420 g/mol. The van der Waals surface area contributed by atoms with E-state index >= 15 is 0 Å². The van der Waals surface area contributed by atoms with E-state index in [1.54, 1.807) is 12.3 Å². The van der Waals surface area contributed by atoms with Gasteiger partial charge in [0.1, 0.15) is 5.00 Å². The number of anilines is 3. The smallest absolute Gasteiger partial charge is 0.305 e. The van der Waals surface area contributed by atoms with Gasteiger partial charge in [0, 0.05) is 18.7 Å². The van der Waals surface area contributed by atoms with Gasteiger partial charge in [0.15, 0.2) is 10.3 Å². The quantitative estimate of drug-likeness (QED) is 0.507. The summed E-state index contributed by atoms with van der Waals surface area (Å²) in [6.07, 6.45) is 1.60. The molecule has 3 rings (SSSR count). The molecule has 0 saturated heterocycles. The molecule has 3 aromatic heterocycles. The van der Waals surface area contributed by atoms with Gasteiger partial charge in [-0.1, -0.05) is 22.9 Å². The molecule has 0 aliphatic carbocycles. The lowest BCUT2D eigenvalue weighted by atomic mass is 10.2. The van der Waals surface area contributed by atoms with E-state index in [1.807, 2.05) is 20.8 Å². The van der Waals surface area contributed by atoms with Crippen molar-refractivity contribution in [1.82, 2.24) is 15.0 Å². The van der Waals surface area contributed by atoms with Crippen molar-refractivity contribution in [2.45, 2.75) is 27.7 Å². The lowest BCUT2D eigenvalue weighted by molar-refractivity contribution is -0.114. The molecule has 0 bridgehead atoms. The van der Waals surface area contributed by atoms with Crippen LogP contribution in [0.1, 0.15) is 23.3 Å². The third-order valence-electron chi connectivity index (χ3n) is 3.56. The average Bonchev–Trinajstić information content (AvgIpc) is 3.10. The van der Waals surface area contributed by atoms with Crippen LogP contribution in [0.25, 0.3) is 10.4 Å². The Hall–Kier alpha value is -2.56. The van der Waals surface area contributed by atoms with Gasteiger partial charge < -0.3 is 10.6 Å². The van der Waals surface area contributed by atoms with Gasteiger partial charge in [-0.3, -0.25) is 10.1 Å². The van der Waals surface area contributed by atoms with E-state index in [-0.39, 0.29) is 11.1 Å². The SMILES string of the molecule is CC(=O)Nc1nc(C)c(-c2cnc(Cl)c(NC(=O)Nc3sc(C)nc3C)c2)s1. The van der Waals surface area contributed by atoms with Crippen molar-refractivity contribution in [3.63, 3.8) is 0 Å². The topological polar surface area (TPSA) is 109 Å². The number of urea groups is 1. The molecule has 0 spiro atoms. The van der Waals surface area contributed by atoms with E-state index in [4.69, 9.17) is 11.6 Å². The zero-order valence-corrected chi connectivity index (χ0v) is 17.9. The Morgan fingerprint density at radius 1 is 1.04 bits per heavy atom. The molecule has 0 atom stereocenters. The fraction of sp³-hybridized carbons (Fsp3) is 0.235. The predicted octanol–water partition coefficient (Wildman–Crippen LogP) is 4.84. The highest BCUT2D eigenvalue weighted by atomic mass is 35.5. The van der Waals surface area contributed by atoms with Crippen molar-refractivity contribution in [3.8, 4) is 10.4 Å². The summed E-state index contributed by atoms with van der Waals surface area (Å²) < 4.78 is 0. The zero-order chi connectivity index (χ0) is 20.4. The first-order chi connectivity index (χ1) is 13.2. The molecule has 0 aliphatic rings. The Morgan fingerprint density at radius 3 is 2.43 bits per heavy atom. The minimum Gasteiger partial charge on any atom is -0.305 e. The molecular formula is C17H17ClN6O2S2. The molecule has 0 fully saturated rings. The molecule has 0 aliphatic heterocycles. The van der Waals surface area contributed by atoms with Gasteiger partial charge in [-0.25, -0.2) is 19.7 Å². The minimum atomic E-state index is -0.437. The summed E-state index contributed by atoms with van der Waals surface area (Å²) in [7, 11) is 0. The Labute approximate surface area is 174 Å². The van der Waals surface area contributed by atoms with Crippen LogP contribution in [0.5, 0.6) is 0 Å². The molecule has 0 unspecified atom stereocenters. The second-order valence-corrected chi connectivity index (χ2v) is 8.46. The average molecular weight is 437 g/mol. The van der Waals surface area contributed by atoms with E-state index in [9.17, 15) is 9.59 Å². The van der Waals surface area contributed by atoms with Crippen LogP contribution in [0.3, 0.4) is 0 Å². The van der Waals surface area contributed by atoms with Crippen LogP contribution in [0.2, 0.25) is 5.15 Å². The van der Waals surface area contributed by atoms with E-state index < -0.39 is 6.03 Å². The number of halogens is 1. The van der Waals surface area contributed by atoms with Crippen molar-refractivity contribution in [2.24, 2.45) is 0 Å². The monoisotopic (exact) mass is 436 g/mol. The highest BCUT2D eigenvalue weighted by molar-refractivity contribution is 7.19. The lowest BCUT2D eigenvalue weighted by Gasteiger charge is -2.09. The third-order valence-corrected chi connectivity index (χ3v) is 5.97. The highest BCUT2D eigenvalue weighted by Gasteiger charge is 2.15. The Balaban J connectivity index is 1.82. The summed E-state index contributed by atoms with van der Waals surface area (Å²) >= 11 is 8.86. The van der Waals surface area contributed by atoms with Crippen molar-refractivity contribution < 1.29 is 9.59 Å². The Kier molecular flexibility index (Phi) is 5.92. The Morgan fingerprint density at radius 2 is 1.79 bits per heavy atom. The molecule has 3 aromatic rings. The van der Waals surface area contributed by atoms with Crippen LogP contribution in [0, 0.1) is 20.8 Å². The number of carbonyl (C=O) groups excluding carboxylic acids is 2. The minimum absolute atomic E-state index is 0.167. The number of aryl methyl sites for hydroxylation is 3. The normalized spacial score (nSPS) is 10.6. The summed E-state index contributed by atoms with van der Waals surface area (Å²) in [6, 6.07) is 1.28. The molecule has 11 heteroatoms. The zero-order valence-electron chi connectivity index (χ0n) is 15.5. The fourth-order valence-electron chi connectivity index (χ4n) is 2.43. The largest absolute Gasteiger partial charge is 0.324 e. The van der Waals surface area contributed by atoms with Gasteiger partial charge in [0.2, 0.25) is 5.91 Å². The molecule has 3 heterocycles. The first kappa shape index (κ1) is 20.2. The number of thiazole rings is 2. The van der Waals surface area contributed by atoms with E-state index in [0.717, 1.165) is 26.8 Å². The van der Waals surface area contributed by atoms with Crippen molar-refractivity contribution in [3.05, 3.63) is 33.8 Å². The van der Waals surface area contributed by atoms with Crippen LogP contribution in [0.4, 0.5) is 20.6 Å². The number of amides is 3. The van der Waals surface area contributed by atoms with Crippen LogP contribution in [0.15, 0.2) is 12.3 Å². The summed E-state index contributed by atoms with van der Waals surface area (Å²) in [5.74, 6) is -0.192. The number of carbonyl (C=O) groups is 2. The van der Waals surface area contributed by atoms with Crippen LogP contribution in [-0.2, 0) is 4.79 Å². The first-order valence-electron chi connectivity index (χ1n) is 8.16. The number of hydrogen-bond acceptors (Lipinski definition) is 7. The van der Waals surface area contributed by atoms with Crippen LogP contribution >= 0.6 is 34.3 Å². The molecule has 146 valence electrons. The number of nitrogens with zero attached hydrogens (tertiary/aromatic N) is 3. The van der Waals surface area contributed by atoms with Crippen molar-refractivity contribution in [1.29, 1.82) is 0 Å². The molecule has 0 radical (unpaired) electrons.